The number of aliphatic imine (C=N–C) groups is 1. The third-order valence-electron chi connectivity index (χ3n) is 10.9. The number of rotatable bonds is 12. The molecule has 0 saturated heterocycles. The van der Waals surface area contributed by atoms with E-state index in [4.69, 9.17) is 26.3 Å². The number of hydrogen-bond acceptors (Lipinski definition) is 15. The Hall–Kier alpha value is -4.40. The quantitative estimate of drug-likeness (QED) is 0.0904. The average Bonchev–Trinajstić information content (AvgIpc) is 3.22. The third-order valence-corrected chi connectivity index (χ3v) is 14.3. The minimum absolute atomic E-state index is 0. The second-order valence-corrected chi connectivity index (χ2v) is 22.4. The Balaban J connectivity index is 0.00000381. The molecule has 68 heavy (non-hydrogen) atoms. The Bertz CT molecular complexity index is 3490. The number of anilines is 3. The Morgan fingerprint density at radius 2 is 1.51 bits per heavy atom. The summed E-state index contributed by atoms with van der Waals surface area (Å²) in [7, 11) is -14.4. The summed E-state index contributed by atoms with van der Waals surface area (Å²) in [5.41, 5.74) is 0.731. The maximum absolute atomic E-state index is 14.9. The number of nitriles is 1. The van der Waals surface area contributed by atoms with Crippen molar-refractivity contribution in [3.8, 4) is 28.7 Å². The van der Waals surface area contributed by atoms with Crippen molar-refractivity contribution in [2.45, 2.75) is 67.6 Å². The first-order valence-corrected chi connectivity index (χ1v) is 24.9. The summed E-state index contributed by atoms with van der Waals surface area (Å²) >= 11 is 6.19. The minimum atomic E-state index is -5.22. The number of halogens is 1. The number of nitrogens with zero attached hydrogens (tertiary/aromatic N) is 3. The van der Waals surface area contributed by atoms with Gasteiger partial charge in [0.05, 0.1) is 44.8 Å². The Kier molecular flexibility index (Phi) is 15.1. The number of ether oxygens (including phenoxy) is 1. The number of aromatic nitrogens is 1. The Labute approximate surface area is 443 Å². The number of hydrogen-bond donors (Lipinski definition) is 3. The molecule has 0 unspecified atom stereocenters. The summed E-state index contributed by atoms with van der Waals surface area (Å²) in [5.74, 6) is -1.32. The van der Waals surface area contributed by atoms with E-state index in [0.717, 1.165) is 12.1 Å². The van der Waals surface area contributed by atoms with E-state index in [1.54, 1.807) is 30.3 Å². The van der Waals surface area contributed by atoms with Crippen LogP contribution in [-0.4, -0.2) is 57.5 Å². The third kappa shape index (κ3) is 10.5. The minimum Gasteiger partial charge on any atom is -0.744 e. The van der Waals surface area contributed by atoms with Crippen molar-refractivity contribution in [2.75, 3.05) is 17.2 Å². The van der Waals surface area contributed by atoms with E-state index in [1.807, 2.05) is 34.6 Å². The summed E-state index contributed by atoms with van der Waals surface area (Å²) in [4.78, 5) is 23.2. The van der Waals surface area contributed by atoms with Crippen LogP contribution < -0.4 is 79.2 Å². The molecular formula is C46H39ClN6Na2O10S3. The number of ketones is 1. The molecule has 8 rings (SSSR count). The van der Waals surface area contributed by atoms with E-state index in [1.165, 1.54) is 48.5 Å². The molecule has 0 saturated carbocycles. The largest absolute Gasteiger partial charge is 1.00 e. The second-order valence-electron chi connectivity index (χ2n) is 17.6. The van der Waals surface area contributed by atoms with Crippen molar-refractivity contribution in [2.24, 2.45) is 10.4 Å². The summed E-state index contributed by atoms with van der Waals surface area (Å²) in [5, 5.41) is 16.0. The first kappa shape index (κ1) is 53.0. The van der Waals surface area contributed by atoms with Gasteiger partial charge in [0.25, 0.3) is 10.0 Å². The monoisotopic (exact) mass is 1010 g/mol. The van der Waals surface area contributed by atoms with Gasteiger partial charge in [0.2, 0.25) is 0 Å². The van der Waals surface area contributed by atoms with Crippen molar-refractivity contribution >= 4 is 87.3 Å². The average molecular weight is 1010 g/mol. The smallest absolute Gasteiger partial charge is 0.744 e. The van der Waals surface area contributed by atoms with Crippen LogP contribution in [0.2, 0.25) is 5.02 Å². The van der Waals surface area contributed by atoms with E-state index < -0.39 is 51.2 Å². The molecule has 0 bridgehead atoms. The number of pyridine rings is 1. The molecular weight excluding hydrogens is 974 g/mol. The molecule has 5 aromatic carbocycles. The van der Waals surface area contributed by atoms with Crippen molar-refractivity contribution in [1.82, 2.24) is 9.71 Å². The van der Waals surface area contributed by atoms with Crippen molar-refractivity contribution in [1.29, 1.82) is 5.26 Å². The first-order chi connectivity index (χ1) is 30.9. The van der Waals surface area contributed by atoms with Gasteiger partial charge in [-0.3, -0.25) is 9.52 Å². The second kappa shape index (κ2) is 19.4. The molecule has 0 amide bonds. The normalized spacial score (nSPS) is 13.9. The van der Waals surface area contributed by atoms with Crippen LogP contribution in [0.3, 0.4) is 0 Å². The van der Waals surface area contributed by atoms with Crippen LogP contribution in [0, 0.1) is 16.7 Å². The van der Waals surface area contributed by atoms with Crippen LogP contribution in [0.1, 0.15) is 74.5 Å². The van der Waals surface area contributed by atoms with Crippen LogP contribution in [0.4, 0.5) is 22.9 Å². The van der Waals surface area contributed by atoms with Gasteiger partial charge in [-0.2, -0.15) is 5.26 Å². The zero-order valence-electron chi connectivity index (χ0n) is 37.8. The Morgan fingerprint density at radius 3 is 2.15 bits per heavy atom. The molecule has 1 aliphatic carbocycles. The first-order valence-electron chi connectivity index (χ1n) is 20.2. The summed E-state index contributed by atoms with van der Waals surface area (Å²) in [6.45, 7) is 9.97. The number of amidine groups is 1. The van der Waals surface area contributed by atoms with E-state index in [2.05, 4.69) is 21.4 Å². The molecule has 340 valence electrons. The predicted molar refractivity (Wildman–Crippen MR) is 247 cm³/mol. The van der Waals surface area contributed by atoms with E-state index in [-0.39, 0.29) is 161 Å². The van der Waals surface area contributed by atoms with Gasteiger partial charge in [-0.1, -0.05) is 76.6 Å². The van der Waals surface area contributed by atoms with Gasteiger partial charge in [-0.15, -0.1) is 0 Å². The van der Waals surface area contributed by atoms with E-state index in [0.29, 0.717) is 17.5 Å². The van der Waals surface area contributed by atoms with E-state index in [9.17, 15) is 44.4 Å². The van der Waals surface area contributed by atoms with Crippen LogP contribution in [-0.2, 0) is 35.7 Å². The summed E-state index contributed by atoms with van der Waals surface area (Å²) in [6, 6.07) is 23.1. The number of carbonyl (C=O) groups is 1. The van der Waals surface area contributed by atoms with Gasteiger partial charge in [0, 0.05) is 39.8 Å². The number of carbonyl (C=O) groups excluding carboxylic acids is 1. The van der Waals surface area contributed by atoms with Crippen molar-refractivity contribution in [3.05, 3.63) is 118 Å². The molecule has 3 N–H and O–H groups in total. The van der Waals surface area contributed by atoms with Crippen molar-refractivity contribution in [3.63, 3.8) is 0 Å². The van der Waals surface area contributed by atoms with Crippen LogP contribution in [0.15, 0.2) is 111 Å². The van der Waals surface area contributed by atoms with Gasteiger partial charge in [0.1, 0.15) is 42.2 Å². The molecule has 22 heteroatoms. The van der Waals surface area contributed by atoms with E-state index >= 15 is 0 Å². The zero-order chi connectivity index (χ0) is 47.7. The van der Waals surface area contributed by atoms with Crippen LogP contribution in [0.25, 0.3) is 22.0 Å². The van der Waals surface area contributed by atoms with Gasteiger partial charge in [-0.05, 0) is 83.0 Å². The topological polar surface area (TPSA) is 260 Å². The molecule has 0 spiro atoms. The fraction of sp³-hybridized carbons (Fsp3) is 0.217. The molecule has 16 nitrogen and oxygen atoms in total. The molecule has 0 atom stereocenters. The number of fused-ring (bicyclic) bond motifs is 3. The zero-order valence-corrected chi connectivity index (χ0v) is 45.0. The number of nitrogens with one attached hydrogen (secondary N) is 3. The predicted octanol–water partition coefficient (Wildman–Crippen LogP) is 2.86. The molecule has 0 fully saturated rings. The molecule has 2 heterocycles. The maximum Gasteiger partial charge on any atom is 1.00 e. The Morgan fingerprint density at radius 1 is 0.838 bits per heavy atom. The maximum atomic E-state index is 14.9. The van der Waals surface area contributed by atoms with Crippen molar-refractivity contribution < 1.29 is 103 Å². The summed E-state index contributed by atoms with van der Waals surface area (Å²) < 4.78 is 112. The fourth-order valence-electron chi connectivity index (χ4n) is 8.57. The molecule has 1 aliphatic heterocycles. The molecule has 0 radical (unpaired) electrons. The van der Waals surface area contributed by atoms with Gasteiger partial charge < -0.3 is 24.5 Å². The number of sulfonamides is 1. The standard InChI is InChI=1S/C46H41ClN6O10S3.2Na/c1-45(2,3)24-46(4,5)25-11-18-33(36(21-25)66(60,61)62)63-34-23-32(50-27-13-15-28(16-14-27)65(57,58)59)38-39-37(29-9-6-7-10-30(29)42(38)54)40(43(52-41(34)39)49-20-8-19-48)44-51-31-17-12-26(47)22-35(31)64(55,56)53-44;;/h6-7,9-18,21-23,50H,8,20,24H2,1-5H3,(H,49,52)(H,51,53)(H,57,58,59)(H,60,61,62);;/q;2*+1/p-2. The SMILES string of the molecule is CC(C)(C)CC(C)(C)c1ccc(Oc2cc(Nc3ccc(S(=O)(=O)[O-])cc3)c3c4c(c(C5=Nc6ccc(Cl)cc6S(=O)(=O)N5)c(NCCC#N)nc24)-c2ccccc2C3=O)c(S(=O)(=O)[O-])c1.[Na+].[Na+]. The van der Waals surface area contributed by atoms with Gasteiger partial charge in [0.15, 0.2) is 17.4 Å². The summed E-state index contributed by atoms with van der Waals surface area (Å²) in [6.07, 6.45) is 0.587. The van der Waals surface area contributed by atoms with Crippen LogP contribution in [0.5, 0.6) is 11.5 Å². The van der Waals surface area contributed by atoms with Gasteiger partial charge >= 0.3 is 59.1 Å². The van der Waals surface area contributed by atoms with Crippen LogP contribution >= 0.6 is 11.6 Å². The molecule has 2 aliphatic rings. The molecule has 6 aromatic rings. The molecule has 1 aromatic heterocycles. The van der Waals surface area contributed by atoms with Gasteiger partial charge in [-0.25, -0.2) is 35.2 Å². The number of benzene rings is 5. The fourth-order valence-corrected chi connectivity index (χ4v) is 11.1.